The first-order chi connectivity index (χ1) is 10.7. The molecule has 2 N–H and O–H groups in total. The van der Waals surface area contributed by atoms with Crippen LogP contribution in [0.1, 0.15) is 11.1 Å². The Hall–Kier alpha value is -2.27. The molecule has 0 saturated heterocycles. The van der Waals surface area contributed by atoms with Gasteiger partial charge in [-0.25, -0.2) is 4.98 Å². The molecule has 1 amide bonds. The highest BCUT2D eigenvalue weighted by atomic mass is 32.2. The van der Waals surface area contributed by atoms with Crippen molar-refractivity contribution in [3.8, 4) is 0 Å². The van der Waals surface area contributed by atoms with Crippen molar-refractivity contribution >= 4 is 28.7 Å². The highest BCUT2D eigenvalue weighted by Gasteiger charge is 2.07. The number of imidazole rings is 1. The summed E-state index contributed by atoms with van der Waals surface area (Å²) in [6.45, 7) is 2.60. The molecule has 0 aliphatic heterocycles. The van der Waals surface area contributed by atoms with Gasteiger partial charge in [0.15, 0.2) is 5.16 Å². The van der Waals surface area contributed by atoms with Crippen LogP contribution in [-0.4, -0.2) is 21.6 Å². The van der Waals surface area contributed by atoms with Crippen LogP contribution in [-0.2, 0) is 11.3 Å². The highest BCUT2D eigenvalue weighted by Crippen LogP contribution is 2.20. The first-order valence-electron chi connectivity index (χ1n) is 7.10. The highest BCUT2D eigenvalue weighted by molar-refractivity contribution is 7.99. The minimum absolute atomic E-state index is 0.00508. The molecule has 0 unspecified atom stereocenters. The number of nitrogens with one attached hydrogen (secondary N) is 2. The zero-order valence-electron chi connectivity index (χ0n) is 12.3. The number of nitrogens with zero attached hydrogens (tertiary/aromatic N) is 1. The van der Waals surface area contributed by atoms with Gasteiger partial charge in [0.25, 0.3) is 0 Å². The fourth-order valence-electron chi connectivity index (χ4n) is 2.15. The summed E-state index contributed by atoms with van der Waals surface area (Å²) in [7, 11) is 0. The molecule has 22 heavy (non-hydrogen) atoms. The maximum atomic E-state index is 11.9. The van der Waals surface area contributed by atoms with E-state index in [2.05, 4.69) is 21.4 Å². The summed E-state index contributed by atoms with van der Waals surface area (Å²) < 4.78 is 0. The second-order valence-corrected chi connectivity index (χ2v) is 6.08. The van der Waals surface area contributed by atoms with Gasteiger partial charge in [-0.15, -0.1) is 0 Å². The van der Waals surface area contributed by atoms with Gasteiger partial charge >= 0.3 is 0 Å². The number of carbonyl (C=O) groups excluding carboxylic acids is 1. The van der Waals surface area contributed by atoms with Gasteiger partial charge in [0.1, 0.15) is 0 Å². The van der Waals surface area contributed by atoms with Gasteiger partial charge in [-0.05, 0) is 30.2 Å². The quantitative estimate of drug-likeness (QED) is 0.711. The van der Waals surface area contributed by atoms with Crippen molar-refractivity contribution in [3.05, 3.63) is 59.7 Å². The second-order valence-electron chi connectivity index (χ2n) is 5.11. The topological polar surface area (TPSA) is 57.8 Å². The normalized spacial score (nSPS) is 10.8. The van der Waals surface area contributed by atoms with Crippen LogP contribution in [0.5, 0.6) is 0 Å². The predicted molar refractivity (Wildman–Crippen MR) is 89.8 cm³/mol. The van der Waals surface area contributed by atoms with E-state index in [0.717, 1.165) is 21.8 Å². The van der Waals surface area contributed by atoms with E-state index in [1.807, 2.05) is 49.4 Å². The van der Waals surface area contributed by atoms with Crippen molar-refractivity contribution in [1.82, 2.24) is 15.3 Å². The third-order valence-electron chi connectivity index (χ3n) is 3.29. The largest absolute Gasteiger partial charge is 0.351 e. The minimum atomic E-state index is 0.00508. The lowest BCUT2D eigenvalue weighted by molar-refractivity contribution is -0.118. The molecule has 1 aromatic heterocycles. The number of aromatic nitrogens is 2. The van der Waals surface area contributed by atoms with Gasteiger partial charge in [-0.2, -0.15) is 0 Å². The number of rotatable bonds is 5. The molecule has 3 aromatic rings. The summed E-state index contributed by atoms with van der Waals surface area (Å²) in [6.07, 6.45) is 0. The molecule has 0 spiro atoms. The molecule has 3 rings (SSSR count). The first kappa shape index (κ1) is 14.7. The minimum Gasteiger partial charge on any atom is -0.351 e. The van der Waals surface area contributed by atoms with Gasteiger partial charge in [0, 0.05) is 6.54 Å². The number of thioether (sulfide) groups is 1. The zero-order valence-corrected chi connectivity index (χ0v) is 13.1. The number of hydrogen-bond acceptors (Lipinski definition) is 3. The number of aryl methyl sites for hydroxylation is 1. The number of carbonyl (C=O) groups is 1. The molecule has 5 heteroatoms. The molecular weight excluding hydrogens is 294 g/mol. The van der Waals surface area contributed by atoms with Gasteiger partial charge < -0.3 is 10.3 Å². The van der Waals surface area contributed by atoms with Gasteiger partial charge in [-0.1, -0.05) is 48.2 Å². The maximum absolute atomic E-state index is 11.9. The van der Waals surface area contributed by atoms with Crippen LogP contribution in [0.3, 0.4) is 0 Å². The summed E-state index contributed by atoms with van der Waals surface area (Å²) in [4.78, 5) is 19.6. The fraction of sp³-hybridized carbons (Fsp3) is 0.176. The van der Waals surface area contributed by atoms with Gasteiger partial charge in [-0.3, -0.25) is 4.79 Å². The van der Waals surface area contributed by atoms with Crippen LogP contribution in [0.2, 0.25) is 0 Å². The van der Waals surface area contributed by atoms with Crippen LogP contribution < -0.4 is 5.32 Å². The van der Waals surface area contributed by atoms with E-state index in [-0.39, 0.29) is 5.91 Å². The molecule has 0 saturated carbocycles. The van der Waals surface area contributed by atoms with E-state index in [4.69, 9.17) is 0 Å². The van der Waals surface area contributed by atoms with E-state index in [0.29, 0.717) is 12.3 Å². The van der Waals surface area contributed by atoms with Crippen LogP contribution >= 0.6 is 11.8 Å². The number of H-pyrrole nitrogens is 1. The Morgan fingerprint density at radius 1 is 1.23 bits per heavy atom. The lowest BCUT2D eigenvalue weighted by Crippen LogP contribution is -2.24. The summed E-state index contributed by atoms with van der Waals surface area (Å²) >= 11 is 1.42. The Labute approximate surface area is 133 Å². The van der Waals surface area contributed by atoms with Crippen molar-refractivity contribution in [1.29, 1.82) is 0 Å². The average Bonchev–Trinajstić information content (AvgIpc) is 2.94. The molecular formula is C17H17N3OS. The lowest BCUT2D eigenvalue weighted by Gasteiger charge is -2.04. The van der Waals surface area contributed by atoms with Crippen molar-refractivity contribution in [2.75, 3.05) is 5.75 Å². The van der Waals surface area contributed by atoms with Crippen molar-refractivity contribution in [2.24, 2.45) is 0 Å². The number of fused-ring (bicyclic) bond motifs is 1. The molecule has 0 atom stereocenters. The second kappa shape index (κ2) is 6.66. The van der Waals surface area contributed by atoms with E-state index in [9.17, 15) is 4.79 Å². The molecule has 2 aromatic carbocycles. The Kier molecular flexibility index (Phi) is 4.44. The molecule has 112 valence electrons. The van der Waals surface area contributed by atoms with Crippen molar-refractivity contribution in [3.63, 3.8) is 0 Å². The lowest BCUT2D eigenvalue weighted by atomic mass is 10.2. The predicted octanol–water partition coefficient (Wildman–Crippen LogP) is 3.28. The molecule has 4 nitrogen and oxygen atoms in total. The van der Waals surface area contributed by atoms with Crippen molar-refractivity contribution in [2.45, 2.75) is 18.6 Å². The van der Waals surface area contributed by atoms with Crippen LogP contribution in [0.25, 0.3) is 11.0 Å². The third-order valence-corrected chi connectivity index (χ3v) is 4.16. The zero-order chi connectivity index (χ0) is 15.4. The SMILES string of the molecule is Cc1ccc2nc(SCC(=O)NCc3ccccc3)[nH]c2c1. The van der Waals surface area contributed by atoms with Crippen LogP contribution in [0.4, 0.5) is 0 Å². The van der Waals surface area contributed by atoms with Crippen LogP contribution in [0, 0.1) is 6.92 Å². The summed E-state index contributed by atoms with van der Waals surface area (Å²) in [6, 6.07) is 16.0. The van der Waals surface area contributed by atoms with Gasteiger partial charge in [0.05, 0.1) is 16.8 Å². The van der Waals surface area contributed by atoms with Gasteiger partial charge in [0.2, 0.25) is 5.91 Å². The maximum Gasteiger partial charge on any atom is 0.230 e. The van der Waals surface area contributed by atoms with E-state index in [1.165, 1.54) is 17.3 Å². The summed E-state index contributed by atoms with van der Waals surface area (Å²) in [5, 5.41) is 3.68. The van der Waals surface area contributed by atoms with Crippen molar-refractivity contribution < 1.29 is 4.79 Å². The third kappa shape index (κ3) is 3.68. The number of hydrogen-bond donors (Lipinski definition) is 2. The number of aromatic amines is 1. The Bertz CT molecular complexity index is 783. The molecule has 0 aliphatic rings. The molecule has 0 aliphatic carbocycles. The molecule has 0 fully saturated rings. The summed E-state index contributed by atoms with van der Waals surface area (Å²) in [5.74, 6) is 0.358. The average molecular weight is 311 g/mol. The van der Waals surface area contributed by atoms with Crippen LogP contribution in [0.15, 0.2) is 53.7 Å². The first-order valence-corrected chi connectivity index (χ1v) is 8.09. The van der Waals surface area contributed by atoms with E-state index >= 15 is 0 Å². The Morgan fingerprint density at radius 3 is 2.86 bits per heavy atom. The molecule has 1 heterocycles. The van der Waals surface area contributed by atoms with E-state index < -0.39 is 0 Å². The number of amides is 1. The Balaban J connectivity index is 1.53. The van der Waals surface area contributed by atoms with E-state index in [1.54, 1.807) is 0 Å². The fourth-order valence-corrected chi connectivity index (χ4v) is 2.86. The monoisotopic (exact) mass is 311 g/mol. The molecule has 0 bridgehead atoms. The molecule has 0 radical (unpaired) electrons. The smallest absolute Gasteiger partial charge is 0.230 e. The summed E-state index contributed by atoms with van der Waals surface area (Å²) in [5.41, 5.74) is 4.22. The Morgan fingerprint density at radius 2 is 2.05 bits per heavy atom. The standard InChI is InChI=1S/C17H17N3OS/c1-12-7-8-14-15(9-12)20-17(19-14)22-11-16(21)18-10-13-5-3-2-4-6-13/h2-9H,10-11H2,1H3,(H,18,21)(H,19,20). The number of benzene rings is 2.